The first-order chi connectivity index (χ1) is 15.5. The fourth-order valence-electron chi connectivity index (χ4n) is 3.46. The van der Waals surface area contributed by atoms with E-state index in [-0.39, 0.29) is 5.91 Å². The van der Waals surface area contributed by atoms with Gasteiger partial charge in [-0.05, 0) is 36.4 Å². The Morgan fingerprint density at radius 3 is 2.22 bits per heavy atom. The Labute approximate surface area is 185 Å². The van der Waals surface area contributed by atoms with Crippen molar-refractivity contribution in [2.24, 2.45) is 0 Å². The van der Waals surface area contributed by atoms with E-state index in [2.05, 4.69) is 15.7 Å². The van der Waals surface area contributed by atoms with Crippen LogP contribution in [-0.4, -0.2) is 32.2 Å². The molecule has 0 spiro atoms. The molecular weight excluding hydrogens is 427 g/mol. The van der Waals surface area contributed by atoms with E-state index in [4.69, 9.17) is 14.0 Å². The van der Waals surface area contributed by atoms with Crippen LogP contribution in [0.25, 0.3) is 21.8 Å². The van der Waals surface area contributed by atoms with Crippen LogP contribution >= 0.6 is 7.75 Å². The van der Waals surface area contributed by atoms with E-state index >= 15 is 0 Å². The molecule has 1 aromatic heterocycles. The highest BCUT2D eigenvalue weighted by Crippen LogP contribution is 2.46. The fraction of sp³-hybridized carbons (Fsp3) is 0.130. The predicted molar refractivity (Wildman–Crippen MR) is 128 cm³/mol. The number of pyridine rings is 1. The molecule has 0 aliphatic heterocycles. The van der Waals surface area contributed by atoms with Crippen LogP contribution in [0.2, 0.25) is 0 Å². The lowest BCUT2D eigenvalue weighted by Gasteiger charge is -2.17. The van der Waals surface area contributed by atoms with E-state index in [1.165, 1.54) is 14.2 Å². The summed E-state index contributed by atoms with van der Waals surface area (Å²) >= 11 is 0. The van der Waals surface area contributed by atoms with Gasteiger partial charge >= 0.3 is 7.75 Å². The van der Waals surface area contributed by atoms with Gasteiger partial charge < -0.3 is 10.6 Å². The van der Waals surface area contributed by atoms with Crippen LogP contribution in [-0.2, 0) is 13.6 Å². The summed E-state index contributed by atoms with van der Waals surface area (Å²) < 4.78 is 22.1. The first-order valence-electron chi connectivity index (χ1n) is 9.88. The Morgan fingerprint density at radius 1 is 0.875 bits per heavy atom. The van der Waals surface area contributed by atoms with Crippen molar-refractivity contribution in [1.29, 1.82) is 0 Å². The molecule has 4 rings (SSSR count). The van der Waals surface area contributed by atoms with Crippen molar-refractivity contribution < 1.29 is 18.4 Å². The summed E-state index contributed by atoms with van der Waals surface area (Å²) in [6.45, 7) is 0. The number of nitrogens with zero attached hydrogens (tertiary/aromatic N) is 1. The number of para-hydroxylation sites is 2. The molecule has 9 heteroatoms. The molecule has 0 fully saturated rings. The van der Waals surface area contributed by atoms with Gasteiger partial charge in [0, 0.05) is 43.4 Å². The third-order valence-corrected chi connectivity index (χ3v) is 6.58. The first kappa shape index (κ1) is 21.8. The molecule has 8 nitrogen and oxygen atoms in total. The summed E-state index contributed by atoms with van der Waals surface area (Å²) in [6.07, 6.45) is 0. The van der Waals surface area contributed by atoms with Gasteiger partial charge in [0.25, 0.3) is 5.91 Å². The lowest BCUT2D eigenvalue weighted by atomic mass is 10.0. The molecule has 0 aliphatic carbocycles. The van der Waals surface area contributed by atoms with Gasteiger partial charge in [0.15, 0.2) is 0 Å². The molecular formula is C23H23N4O4P. The summed E-state index contributed by atoms with van der Waals surface area (Å²) in [5.74, 6) is -0.194. The first-order valence-corrected chi connectivity index (χ1v) is 11.4. The van der Waals surface area contributed by atoms with Gasteiger partial charge in [0.2, 0.25) is 0 Å². The number of carbonyl (C=O) groups excluding carboxylic acids is 1. The number of benzene rings is 3. The lowest BCUT2D eigenvalue weighted by Crippen LogP contribution is -2.18. The molecule has 0 saturated heterocycles. The van der Waals surface area contributed by atoms with Gasteiger partial charge in [-0.2, -0.15) is 0 Å². The minimum atomic E-state index is -3.38. The Kier molecular flexibility index (Phi) is 6.10. The van der Waals surface area contributed by atoms with E-state index in [1.807, 2.05) is 48.5 Å². The molecule has 32 heavy (non-hydrogen) atoms. The maximum atomic E-state index is 12.4. The number of hydrogen-bond acceptors (Lipinski definition) is 6. The molecule has 0 aliphatic rings. The zero-order chi connectivity index (χ0) is 22.7. The number of fused-ring (bicyclic) bond motifs is 2. The van der Waals surface area contributed by atoms with Crippen molar-refractivity contribution >= 4 is 52.5 Å². The van der Waals surface area contributed by atoms with Crippen LogP contribution in [0.1, 0.15) is 10.4 Å². The highest BCUT2D eigenvalue weighted by molar-refractivity contribution is 7.55. The molecule has 1 amide bonds. The monoisotopic (exact) mass is 450 g/mol. The smallest absolute Gasteiger partial charge is 0.355 e. The Bertz CT molecular complexity index is 1330. The molecule has 0 bridgehead atoms. The third kappa shape index (κ3) is 4.16. The number of anilines is 3. The van der Waals surface area contributed by atoms with E-state index in [0.717, 1.165) is 27.7 Å². The standard InChI is InChI=1S/C23H23N4O4P/c1-24-23(28)19-9-6-8-18-21(17-7-4-5-10-20(17)26-22(18)19)25-15-11-13-16(14-12-15)27-32(29,30-2)31-3/h4-14H,1-3H3,(H,24,28)(H,25,26)(H,27,29). The summed E-state index contributed by atoms with van der Waals surface area (Å²) in [4.78, 5) is 17.2. The molecule has 0 saturated carbocycles. The highest BCUT2D eigenvalue weighted by Gasteiger charge is 2.21. The molecule has 0 radical (unpaired) electrons. The average Bonchev–Trinajstić information content (AvgIpc) is 2.84. The second-order valence-electron chi connectivity index (χ2n) is 6.96. The maximum absolute atomic E-state index is 12.4. The van der Waals surface area contributed by atoms with Gasteiger partial charge in [0.05, 0.1) is 22.3 Å². The van der Waals surface area contributed by atoms with Crippen molar-refractivity contribution in [2.75, 3.05) is 31.7 Å². The largest absolute Gasteiger partial charge is 0.432 e. The molecule has 164 valence electrons. The average molecular weight is 450 g/mol. The SMILES string of the molecule is CNC(=O)c1cccc2c(Nc3ccc(NP(=O)(OC)OC)cc3)c3ccccc3nc12. The Hall–Kier alpha value is -3.45. The quantitative estimate of drug-likeness (QED) is 0.259. The van der Waals surface area contributed by atoms with Gasteiger partial charge in [-0.15, -0.1) is 0 Å². The van der Waals surface area contributed by atoms with Gasteiger partial charge in [-0.25, -0.2) is 9.55 Å². The molecule has 4 aromatic rings. The van der Waals surface area contributed by atoms with Crippen LogP contribution in [0.5, 0.6) is 0 Å². The number of carbonyl (C=O) groups is 1. The van der Waals surface area contributed by atoms with Gasteiger partial charge in [0.1, 0.15) is 0 Å². The molecule has 3 aromatic carbocycles. The maximum Gasteiger partial charge on any atom is 0.432 e. The number of amides is 1. The Morgan fingerprint density at radius 2 is 1.53 bits per heavy atom. The van der Waals surface area contributed by atoms with Gasteiger partial charge in [-0.1, -0.05) is 30.3 Å². The Balaban J connectivity index is 1.78. The summed E-state index contributed by atoms with van der Waals surface area (Å²) in [6, 6.07) is 20.5. The third-order valence-electron chi connectivity index (χ3n) is 5.08. The van der Waals surface area contributed by atoms with Crippen LogP contribution < -0.4 is 15.7 Å². The minimum absolute atomic E-state index is 0.194. The normalized spacial score (nSPS) is 11.5. The zero-order valence-corrected chi connectivity index (χ0v) is 18.8. The van der Waals surface area contributed by atoms with Crippen molar-refractivity contribution in [3.8, 4) is 0 Å². The van der Waals surface area contributed by atoms with Crippen LogP contribution in [0.4, 0.5) is 17.1 Å². The molecule has 0 unspecified atom stereocenters. The zero-order valence-electron chi connectivity index (χ0n) is 17.9. The van der Waals surface area contributed by atoms with Crippen molar-refractivity contribution in [3.63, 3.8) is 0 Å². The number of aromatic nitrogens is 1. The van der Waals surface area contributed by atoms with Gasteiger partial charge in [-0.3, -0.25) is 18.9 Å². The van der Waals surface area contributed by atoms with E-state index in [0.29, 0.717) is 16.8 Å². The van der Waals surface area contributed by atoms with Crippen LogP contribution in [0.3, 0.4) is 0 Å². The minimum Gasteiger partial charge on any atom is -0.355 e. The van der Waals surface area contributed by atoms with Crippen molar-refractivity contribution in [3.05, 3.63) is 72.3 Å². The molecule has 1 heterocycles. The van der Waals surface area contributed by atoms with Crippen molar-refractivity contribution in [1.82, 2.24) is 10.3 Å². The second-order valence-corrected chi connectivity index (χ2v) is 8.91. The van der Waals surface area contributed by atoms with Crippen molar-refractivity contribution in [2.45, 2.75) is 0 Å². The van der Waals surface area contributed by atoms with E-state index in [9.17, 15) is 9.36 Å². The topological polar surface area (TPSA) is 102 Å². The summed E-state index contributed by atoms with van der Waals surface area (Å²) in [7, 11) is 0.855. The predicted octanol–water partition coefficient (Wildman–Crippen LogP) is 5.30. The van der Waals surface area contributed by atoms with Crippen LogP contribution in [0, 0.1) is 0 Å². The highest BCUT2D eigenvalue weighted by atomic mass is 31.2. The van der Waals surface area contributed by atoms with Crippen LogP contribution in [0.15, 0.2) is 66.7 Å². The van der Waals surface area contributed by atoms with E-state index < -0.39 is 7.75 Å². The van der Waals surface area contributed by atoms with E-state index in [1.54, 1.807) is 25.2 Å². The molecule has 3 N–H and O–H groups in total. The fourth-order valence-corrected chi connectivity index (χ4v) is 4.26. The second kappa shape index (κ2) is 8.96. The number of hydrogen-bond donors (Lipinski definition) is 3. The number of nitrogens with one attached hydrogen (secondary N) is 3. The summed E-state index contributed by atoms with van der Waals surface area (Å²) in [5, 5.41) is 10.7. The lowest BCUT2D eigenvalue weighted by molar-refractivity contribution is 0.0964. The number of rotatable bonds is 7. The summed E-state index contributed by atoms with van der Waals surface area (Å²) in [5.41, 5.74) is 4.15. The molecule has 0 atom stereocenters.